The summed E-state index contributed by atoms with van der Waals surface area (Å²) in [6.07, 6.45) is 10.8. The highest BCUT2D eigenvalue weighted by molar-refractivity contribution is 4.60. The van der Waals surface area contributed by atoms with Crippen molar-refractivity contribution in [1.29, 1.82) is 0 Å². The van der Waals surface area contributed by atoms with Gasteiger partial charge in [0.05, 0.1) is 6.10 Å². The summed E-state index contributed by atoms with van der Waals surface area (Å²) in [5.74, 6) is 0. The molecule has 98 valence electrons. The van der Waals surface area contributed by atoms with E-state index in [0.29, 0.717) is 6.10 Å². The fraction of sp³-hybridized carbons (Fsp3) is 1.00. The molecule has 0 saturated heterocycles. The molecule has 2 nitrogen and oxygen atoms in total. The fourth-order valence-corrected chi connectivity index (χ4v) is 1.86. The summed E-state index contributed by atoms with van der Waals surface area (Å²) in [5.41, 5.74) is 0. The minimum atomic E-state index is 0.427. The van der Waals surface area contributed by atoms with Crippen LogP contribution in [0.3, 0.4) is 0 Å². The molecule has 0 aromatic heterocycles. The summed E-state index contributed by atoms with van der Waals surface area (Å²) in [7, 11) is 2.00. The second-order valence-corrected chi connectivity index (χ2v) is 4.61. The lowest BCUT2D eigenvalue weighted by atomic mass is 10.1. The lowest BCUT2D eigenvalue weighted by molar-refractivity contribution is 0.0448. The Bertz CT molecular complexity index is 128. The zero-order chi connectivity index (χ0) is 12.1. The highest BCUT2D eigenvalue weighted by Gasteiger charge is 2.06. The summed E-state index contributed by atoms with van der Waals surface area (Å²) in [6, 6.07) is 0. The monoisotopic (exact) mass is 229 g/mol. The number of likely N-dealkylation sites (N-methyl/N-ethyl adjacent to an activating group) is 1. The molecule has 0 rings (SSSR count). The molecule has 0 amide bonds. The Morgan fingerprint density at radius 3 is 2.25 bits per heavy atom. The first-order valence-corrected chi connectivity index (χ1v) is 7.11. The van der Waals surface area contributed by atoms with Crippen molar-refractivity contribution < 1.29 is 4.74 Å². The van der Waals surface area contributed by atoms with E-state index in [1.807, 2.05) is 7.05 Å². The second-order valence-electron chi connectivity index (χ2n) is 4.61. The lowest BCUT2D eigenvalue weighted by Crippen LogP contribution is -2.27. The normalized spacial score (nSPS) is 12.9. The maximum atomic E-state index is 5.90. The third kappa shape index (κ3) is 10.4. The molecule has 0 aliphatic rings. The van der Waals surface area contributed by atoms with Crippen LogP contribution in [0.15, 0.2) is 0 Å². The van der Waals surface area contributed by atoms with Crippen LogP contribution in [0.4, 0.5) is 0 Å². The van der Waals surface area contributed by atoms with Crippen molar-refractivity contribution >= 4 is 0 Å². The van der Waals surface area contributed by atoms with Crippen LogP contribution in [-0.4, -0.2) is 26.3 Å². The summed E-state index contributed by atoms with van der Waals surface area (Å²) in [5, 5.41) is 3.21. The van der Waals surface area contributed by atoms with Crippen LogP contribution in [-0.2, 0) is 4.74 Å². The molecule has 0 aromatic rings. The highest BCUT2D eigenvalue weighted by Crippen LogP contribution is 2.07. The van der Waals surface area contributed by atoms with Crippen LogP contribution >= 0.6 is 0 Å². The van der Waals surface area contributed by atoms with Gasteiger partial charge < -0.3 is 10.1 Å². The van der Waals surface area contributed by atoms with Gasteiger partial charge in [-0.25, -0.2) is 0 Å². The van der Waals surface area contributed by atoms with E-state index in [4.69, 9.17) is 4.74 Å². The van der Waals surface area contributed by atoms with Gasteiger partial charge in [-0.2, -0.15) is 0 Å². The van der Waals surface area contributed by atoms with Gasteiger partial charge in [-0.05, 0) is 19.9 Å². The third-order valence-electron chi connectivity index (χ3n) is 2.91. The van der Waals surface area contributed by atoms with Gasteiger partial charge in [0.25, 0.3) is 0 Å². The molecular formula is C14H31NO. The number of nitrogens with one attached hydrogen (secondary N) is 1. The molecule has 0 radical (unpaired) electrons. The fourth-order valence-electron chi connectivity index (χ4n) is 1.86. The van der Waals surface area contributed by atoms with E-state index in [-0.39, 0.29) is 0 Å². The van der Waals surface area contributed by atoms with E-state index < -0.39 is 0 Å². The van der Waals surface area contributed by atoms with Gasteiger partial charge >= 0.3 is 0 Å². The van der Waals surface area contributed by atoms with Crippen molar-refractivity contribution in [2.45, 2.75) is 71.3 Å². The van der Waals surface area contributed by atoms with Crippen molar-refractivity contribution in [1.82, 2.24) is 5.32 Å². The van der Waals surface area contributed by atoms with E-state index in [9.17, 15) is 0 Å². The lowest BCUT2D eigenvalue weighted by Gasteiger charge is -2.17. The van der Waals surface area contributed by atoms with Gasteiger partial charge in [0.1, 0.15) is 0 Å². The predicted octanol–water partition coefficient (Wildman–Crippen LogP) is 3.75. The van der Waals surface area contributed by atoms with Gasteiger partial charge in [-0.15, -0.1) is 0 Å². The molecule has 0 bridgehead atoms. The molecule has 2 heteroatoms. The van der Waals surface area contributed by atoms with E-state index in [1.54, 1.807) is 0 Å². The average Bonchev–Trinajstić information content (AvgIpc) is 2.30. The smallest absolute Gasteiger partial charge is 0.0699 e. The van der Waals surface area contributed by atoms with Crippen molar-refractivity contribution in [2.75, 3.05) is 20.2 Å². The Morgan fingerprint density at radius 2 is 1.62 bits per heavy atom. The van der Waals surface area contributed by atoms with Gasteiger partial charge in [0.15, 0.2) is 0 Å². The first-order chi connectivity index (χ1) is 7.85. The van der Waals surface area contributed by atoms with Crippen molar-refractivity contribution in [3.8, 4) is 0 Å². The molecule has 0 aliphatic carbocycles. The van der Waals surface area contributed by atoms with Gasteiger partial charge in [0.2, 0.25) is 0 Å². The van der Waals surface area contributed by atoms with Crippen LogP contribution in [0.1, 0.15) is 65.2 Å². The van der Waals surface area contributed by atoms with Crippen molar-refractivity contribution in [3.05, 3.63) is 0 Å². The van der Waals surface area contributed by atoms with E-state index in [0.717, 1.165) is 13.2 Å². The number of hydrogen-bond donors (Lipinski definition) is 1. The molecule has 0 spiro atoms. The zero-order valence-electron chi connectivity index (χ0n) is 11.6. The number of hydrogen-bond acceptors (Lipinski definition) is 2. The van der Waals surface area contributed by atoms with Gasteiger partial charge in [-0.3, -0.25) is 0 Å². The Morgan fingerprint density at radius 1 is 0.938 bits per heavy atom. The minimum Gasteiger partial charge on any atom is -0.377 e. The summed E-state index contributed by atoms with van der Waals surface area (Å²) >= 11 is 0. The Hall–Kier alpha value is -0.0800. The second kappa shape index (κ2) is 13.0. The molecule has 1 N–H and O–H groups in total. The summed E-state index contributed by atoms with van der Waals surface area (Å²) in [4.78, 5) is 0. The number of ether oxygens (including phenoxy) is 1. The van der Waals surface area contributed by atoms with E-state index in [1.165, 1.54) is 51.4 Å². The molecule has 0 aliphatic heterocycles. The minimum absolute atomic E-state index is 0.427. The number of unbranched alkanes of at least 4 members (excludes halogenated alkanes) is 5. The molecule has 0 aromatic carbocycles. The maximum Gasteiger partial charge on any atom is 0.0699 e. The zero-order valence-corrected chi connectivity index (χ0v) is 11.6. The van der Waals surface area contributed by atoms with Crippen LogP contribution < -0.4 is 5.32 Å². The Kier molecular flexibility index (Phi) is 12.9. The van der Waals surface area contributed by atoms with Gasteiger partial charge in [0, 0.05) is 13.2 Å². The number of rotatable bonds is 12. The van der Waals surface area contributed by atoms with E-state index >= 15 is 0 Å². The highest BCUT2D eigenvalue weighted by atomic mass is 16.5. The molecule has 1 atom stereocenters. The summed E-state index contributed by atoms with van der Waals surface area (Å²) in [6.45, 7) is 6.43. The molecule has 0 saturated carbocycles. The molecule has 1 unspecified atom stereocenters. The van der Waals surface area contributed by atoms with Crippen LogP contribution in [0.2, 0.25) is 0 Å². The van der Waals surface area contributed by atoms with Gasteiger partial charge in [-0.1, -0.05) is 52.4 Å². The average molecular weight is 229 g/mol. The Labute approximate surface area is 102 Å². The van der Waals surface area contributed by atoms with Crippen LogP contribution in [0.25, 0.3) is 0 Å². The van der Waals surface area contributed by atoms with Crippen molar-refractivity contribution in [3.63, 3.8) is 0 Å². The van der Waals surface area contributed by atoms with Crippen LogP contribution in [0.5, 0.6) is 0 Å². The van der Waals surface area contributed by atoms with Crippen LogP contribution in [0, 0.1) is 0 Å². The summed E-state index contributed by atoms with van der Waals surface area (Å²) < 4.78 is 5.90. The quantitative estimate of drug-likeness (QED) is 0.515. The van der Waals surface area contributed by atoms with E-state index in [2.05, 4.69) is 19.2 Å². The largest absolute Gasteiger partial charge is 0.377 e. The first kappa shape index (κ1) is 15.9. The molecule has 0 fully saturated rings. The molecular weight excluding hydrogens is 198 g/mol. The molecule has 0 heterocycles. The topological polar surface area (TPSA) is 21.3 Å². The van der Waals surface area contributed by atoms with Crippen molar-refractivity contribution in [2.24, 2.45) is 0 Å². The standard InChI is InChI=1S/C14H31NO/c1-4-6-8-9-10-12-16-14(13-15-3)11-7-5-2/h14-15H,4-13H2,1-3H3. The first-order valence-electron chi connectivity index (χ1n) is 7.11. The third-order valence-corrected chi connectivity index (χ3v) is 2.91. The predicted molar refractivity (Wildman–Crippen MR) is 72.0 cm³/mol. The maximum absolute atomic E-state index is 5.90. The SMILES string of the molecule is CCCCCCCOC(CCCC)CNC. The Balaban J connectivity index is 3.36. The molecule has 16 heavy (non-hydrogen) atoms.